The van der Waals surface area contributed by atoms with E-state index in [1.54, 1.807) is 24.3 Å². The number of benzene rings is 2. The average molecular weight is 465 g/mol. The van der Waals surface area contributed by atoms with Gasteiger partial charge in [0.05, 0.1) is 11.4 Å². The first-order valence-corrected chi connectivity index (χ1v) is 11.5. The molecular weight excluding hydrogens is 440 g/mol. The molecule has 0 spiro atoms. The Balaban J connectivity index is 1.48. The third kappa shape index (κ3) is 5.98. The van der Waals surface area contributed by atoms with Crippen LogP contribution in [0.15, 0.2) is 53.7 Å². The number of amides is 3. The van der Waals surface area contributed by atoms with Crippen LogP contribution in [0.5, 0.6) is 0 Å². The van der Waals surface area contributed by atoms with Gasteiger partial charge in [-0.3, -0.25) is 19.0 Å². The predicted molar refractivity (Wildman–Crippen MR) is 128 cm³/mol. The Morgan fingerprint density at radius 1 is 0.909 bits per heavy atom. The molecule has 0 bridgehead atoms. The van der Waals surface area contributed by atoms with E-state index >= 15 is 0 Å². The fraction of sp³-hybridized carbons (Fsp3) is 0.261. The lowest BCUT2D eigenvalue weighted by Gasteiger charge is -2.12. The van der Waals surface area contributed by atoms with Crippen LogP contribution in [0.25, 0.3) is 5.69 Å². The first kappa shape index (κ1) is 22.5. The molecule has 1 aliphatic carbocycles. The van der Waals surface area contributed by atoms with Crippen LogP contribution < -0.4 is 16.0 Å². The molecule has 0 atom stereocenters. The molecule has 0 unspecified atom stereocenters. The second-order valence-electron chi connectivity index (χ2n) is 7.78. The molecule has 3 amide bonds. The fourth-order valence-corrected chi connectivity index (χ4v) is 4.11. The summed E-state index contributed by atoms with van der Waals surface area (Å²) in [6.07, 6.45) is 2.11. The lowest BCUT2D eigenvalue weighted by atomic mass is 10.2. The van der Waals surface area contributed by atoms with Crippen molar-refractivity contribution in [2.45, 2.75) is 37.8 Å². The van der Waals surface area contributed by atoms with Crippen molar-refractivity contribution in [3.8, 4) is 5.69 Å². The summed E-state index contributed by atoms with van der Waals surface area (Å²) in [5.74, 6) is 0.824. The fourth-order valence-electron chi connectivity index (χ4n) is 3.35. The molecular formula is C23H24N6O3S. The monoisotopic (exact) mass is 464 g/mol. The van der Waals surface area contributed by atoms with Crippen LogP contribution in [0, 0.1) is 0 Å². The minimum Gasteiger partial charge on any atom is -0.326 e. The van der Waals surface area contributed by atoms with Crippen molar-refractivity contribution in [2.24, 2.45) is 0 Å². The van der Waals surface area contributed by atoms with E-state index in [1.165, 1.54) is 25.6 Å². The van der Waals surface area contributed by atoms with Gasteiger partial charge < -0.3 is 16.0 Å². The first-order valence-electron chi connectivity index (χ1n) is 10.5. The van der Waals surface area contributed by atoms with Gasteiger partial charge in [-0.2, -0.15) is 0 Å². The number of anilines is 3. The van der Waals surface area contributed by atoms with Crippen LogP contribution in [0.4, 0.5) is 17.1 Å². The van der Waals surface area contributed by atoms with E-state index in [2.05, 4.69) is 26.1 Å². The van der Waals surface area contributed by atoms with Gasteiger partial charge in [0.15, 0.2) is 5.16 Å². The van der Waals surface area contributed by atoms with E-state index in [0.29, 0.717) is 28.1 Å². The highest BCUT2D eigenvalue weighted by atomic mass is 32.2. The summed E-state index contributed by atoms with van der Waals surface area (Å²) >= 11 is 1.29. The van der Waals surface area contributed by atoms with Crippen LogP contribution in [-0.2, 0) is 14.4 Å². The number of thioether (sulfide) groups is 1. The van der Waals surface area contributed by atoms with E-state index in [1.807, 2.05) is 28.8 Å². The highest BCUT2D eigenvalue weighted by molar-refractivity contribution is 7.99. The lowest BCUT2D eigenvalue weighted by Crippen LogP contribution is -2.15. The third-order valence-electron chi connectivity index (χ3n) is 4.82. The SMILES string of the molecule is CC(=O)Nc1cccc(NC(=O)CSc2nnc(C3CC3)n2-c2cccc(NC(C)=O)c2)c1. The molecule has 1 aliphatic rings. The van der Waals surface area contributed by atoms with Gasteiger partial charge in [0.25, 0.3) is 0 Å². The van der Waals surface area contributed by atoms with Crippen LogP contribution in [0.2, 0.25) is 0 Å². The Kier molecular flexibility index (Phi) is 6.74. The van der Waals surface area contributed by atoms with E-state index in [0.717, 1.165) is 24.4 Å². The number of nitrogens with zero attached hydrogens (tertiary/aromatic N) is 3. The lowest BCUT2D eigenvalue weighted by molar-refractivity contribution is -0.115. The van der Waals surface area contributed by atoms with Gasteiger partial charge in [-0.05, 0) is 49.2 Å². The maximum Gasteiger partial charge on any atom is 0.234 e. The zero-order chi connectivity index (χ0) is 23.4. The highest BCUT2D eigenvalue weighted by Crippen LogP contribution is 2.41. The summed E-state index contributed by atoms with van der Waals surface area (Å²) in [6, 6.07) is 14.5. The molecule has 33 heavy (non-hydrogen) atoms. The molecule has 0 radical (unpaired) electrons. The molecule has 1 fully saturated rings. The summed E-state index contributed by atoms with van der Waals surface area (Å²) in [6.45, 7) is 2.90. The van der Waals surface area contributed by atoms with Crippen LogP contribution >= 0.6 is 11.8 Å². The summed E-state index contributed by atoms with van der Waals surface area (Å²) < 4.78 is 1.96. The van der Waals surface area contributed by atoms with E-state index < -0.39 is 0 Å². The minimum absolute atomic E-state index is 0.137. The molecule has 0 aliphatic heterocycles. The largest absolute Gasteiger partial charge is 0.326 e. The van der Waals surface area contributed by atoms with Crippen molar-refractivity contribution in [3.63, 3.8) is 0 Å². The standard InChI is InChI=1S/C23H24N6O3S/c1-14(30)24-17-5-3-6-18(11-17)26-21(32)13-33-23-28-27-22(16-9-10-16)29(23)20-8-4-7-19(12-20)25-15(2)31/h3-8,11-12,16H,9-10,13H2,1-2H3,(H,24,30)(H,25,31)(H,26,32). The molecule has 170 valence electrons. The van der Waals surface area contributed by atoms with Crippen molar-refractivity contribution in [3.05, 3.63) is 54.4 Å². The number of hydrogen-bond donors (Lipinski definition) is 3. The molecule has 3 aromatic rings. The second-order valence-corrected chi connectivity index (χ2v) is 8.72. The van der Waals surface area contributed by atoms with Gasteiger partial charge in [0, 0.05) is 36.8 Å². The number of carbonyl (C=O) groups excluding carboxylic acids is 3. The van der Waals surface area contributed by atoms with E-state index in [-0.39, 0.29) is 23.5 Å². The molecule has 9 nitrogen and oxygen atoms in total. The van der Waals surface area contributed by atoms with Gasteiger partial charge in [0.1, 0.15) is 5.82 Å². The quantitative estimate of drug-likeness (QED) is 0.437. The summed E-state index contributed by atoms with van der Waals surface area (Å²) in [5, 5.41) is 17.7. The van der Waals surface area contributed by atoms with Crippen molar-refractivity contribution in [1.82, 2.24) is 14.8 Å². The number of hydrogen-bond acceptors (Lipinski definition) is 6. The smallest absolute Gasteiger partial charge is 0.234 e. The topological polar surface area (TPSA) is 118 Å². The number of aromatic nitrogens is 3. The molecule has 2 aromatic carbocycles. The Hall–Kier alpha value is -3.66. The van der Waals surface area contributed by atoms with Gasteiger partial charge in [-0.1, -0.05) is 23.9 Å². The zero-order valence-electron chi connectivity index (χ0n) is 18.3. The molecule has 1 aromatic heterocycles. The number of carbonyl (C=O) groups is 3. The Morgan fingerprint density at radius 2 is 1.52 bits per heavy atom. The molecule has 1 saturated carbocycles. The van der Waals surface area contributed by atoms with E-state index in [9.17, 15) is 14.4 Å². The molecule has 3 N–H and O–H groups in total. The molecule has 4 rings (SSSR count). The van der Waals surface area contributed by atoms with Crippen LogP contribution in [0.1, 0.15) is 38.4 Å². The highest BCUT2D eigenvalue weighted by Gasteiger charge is 2.31. The van der Waals surface area contributed by atoms with E-state index in [4.69, 9.17) is 0 Å². The Labute approximate surface area is 195 Å². The Bertz CT molecular complexity index is 1200. The first-order chi connectivity index (χ1) is 15.9. The van der Waals surface area contributed by atoms with Crippen LogP contribution in [-0.4, -0.2) is 38.2 Å². The Morgan fingerprint density at radius 3 is 2.15 bits per heavy atom. The second kappa shape index (κ2) is 9.86. The van der Waals surface area contributed by atoms with Crippen molar-refractivity contribution in [2.75, 3.05) is 21.7 Å². The van der Waals surface area contributed by atoms with Gasteiger partial charge in [-0.25, -0.2) is 0 Å². The predicted octanol–water partition coefficient (Wildman–Crippen LogP) is 3.79. The molecule has 10 heteroatoms. The minimum atomic E-state index is -0.200. The maximum atomic E-state index is 12.6. The number of nitrogens with one attached hydrogen (secondary N) is 3. The summed E-state index contributed by atoms with van der Waals surface area (Å²) in [7, 11) is 0. The molecule has 0 saturated heterocycles. The number of rotatable bonds is 8. The normalized spacial score (nSPS) is 12.8. The van der Waals surface area contributed by atoms with Gasteiger partial charge >= 0.3 is 0 Å². The maximum absolute atomic E-state index is 12.6. The van der Waals surface area contributed by atoms with Crippen molar-refractivity contribution < 1.29 is 14.4 Å². The van der Waals surface area contributed by atoms with Gasteiger partial charge in [0.2, 0.25) is 17.7 Å². The summed E-state index contributed by atoms with van der Waals surface area (Å²) in [5.41, 5.74) is 2.72. The zero-order valence-corrected chi connectivity index (χ0v) is 19.1. The molecule has 1 heterocycles. The third-order valence-corrected chi connectivity index (χ3v) is 5.75. The van der Waals surface area contributed by atoms with Crippen LogP contribution in [0.3, 0.4) is 0 Å². The average Bonchev–Trinajstić information content (AvgIpc) is 3.51. The van der Waals surface area contributed by atoms with Crippen molar-refractivity contribution >= 4 is 46.5 Å². The van der Waals surface area contributed by atoms with Crippen molar-refractivity contribution in [1.29, 1.82) is 0 Å². The summed E-state index contributed by atoms with van der Waals surface area (Å²) in [4.78, 5) is 35.3. The van der Waals surface area contributed by atoms with Gasteiger partial charge in [-0.15, -0.1) is 10.2 Å².